The summed E-state index contributed by atoms with van der Waals surface area (Å²) >= 11 is 0. The van der Waals surface area contributed by atoms with Gasteiger partial charge in [0.15, 0.2) is 11.9 Å². The predicted octanol–water partition coefficient (Wildman–Crippen LogP) is -1.32. The quantitative estimate of drug-likeness (QED) is 0.157. The smallest absolute Gasteiger partial charge is 0.726 e. The molecule has 2 atom stereocenters. The van der Waals surface area contributed by atoms with Gasteiger partial charge in [-0.3, -0.25) is 8.98 Å². The molecule has 0 aliphatic heterocycles. The Hall–Kier alpha value is 0.460. The maximum atomic E-state index is 11.8. The van der Waals surface area contributed by atoms with Crippen molar-refractivity contribution in [2.75, 3.05) is 6.61 Å². The van der Waals surface area contributed by atoms with E-state index >= 15 is 0 Å². The molecule has 0 saturated carbocycles. The molecule has 138 valence electrons. The Morgan fingerprint density at radius 1 is 1.04 bits per heavy atom. The molecule has 0 radical (unpaired) electrons. The van der Waals surface area contributed by atoms with Crippen LogP contribution in [0, 0.1) is 0 Å². The molecule has 2 N–H and O–H groups in total. The minimum atomic E-state index is -5.12. The van der Waals surface area contributed by atoms with E-state index < -0.39 is 35.0 Å². The molecule has 0 rings (SSSR count). The van der Waals surface area contributed by atoms with Crippen LogP contribution in [0.4, 0.5) is 0 Å². The third kappa shape index (κ3) is 14.8. The summed E-state index contributed by atoms with van der Waals surface area (Å²) in [6.07, 6.45) is 5.97. The molecule has 2 unspecified atom stereocenters. The summed E-state index contributed by atoms with van der Waals surface area (Å²) in [5.74, 6) is -0.686. The van der Waals surface area contributed by atoms with Crippen molar-refractivity contribution < 1.29 is 61.7 Å². The van der Waals surface area contributed by atoms with Crippen LogP contribution < -0.4 is 29.6 Å². The normalized spacial score (nSPS) is 14.0. The van der Waals surface area contributed by atoms with Crippen LogP contribution in [0.15, 0.2) is 0 Å². The molecule has 0 bridgehead atoms. The van der Waals surface area contributed by atoms with Crippen molar-refractivity contribution in [3.63, 3.8) is 0 Å². The van der Waals surface area contributed by atoms with E-state index in [4.69, 9.17) is 5.11 Å². The van der Waals surface area contributed by atoms with E-state index in [1.54, 1.807) is 0 Å². The summed E-state index contributed by atoms with van der Waals surface area (Å²) in [6.45, 7) is 1.31. The van der Waals surface area contributed by atoms with E-state index in [-0.39, 0.29) is 36.0 Å². The number of aliphatic hydroxyl groups is 2. The molecule has 0 aliphatic carbocycles. The van der Waals surface area contributed by atoms with Crippen LogP contribution >= 0.6 is 0 Å². The van der Waals surface area contributed by atoms with Gasteiger partial charge in [-0.05, 0) is 6.42 Å². The fraction of sp³-hybridized carbons (Fsp3) is 0.933. The molecule has 0 saturated heterocycles. The van der Waals surface area contributed by atoms with Gasteiger partial charge in [-0.15, -0.1) is 0 Å². The number of carbonyl (C=O) groups excluding carboxylic acids is 1. The third-order valence-electron chi connectivity index (χ3n) is 3.60. The summed E-state index contributed by atoms with van der Waals surface area (Å²) in [5.41, 5.74) is 0. The van der Waals surface area contributed by atoms with Crippen LogP contribution in [0.2, 0.25) is 0 Å². The molecule has 0 aromatic carbocycles. The Morgan fingerprint density at radius 2 is 1.50 bits per heavy atom. The second-order valence-corrected chi connectivity index (χ2v) is 6.73. The molecular formula is C15H29NaO7S. The molecule has 0 aromatic rings. The van der Waals surface area contributed by atoms with Crippen LogP contribution in [-0.4, -0.2) is 47.8 Å². The molecule has 0 fully saturated rings. The molecule has 0 aliphatic rings. The van der Waals surface area contributed by atoms with Crippen LogP contribution in [0.1, 0.15) is 71.1 Å². The van der Waals surface area contributed by atoms with Crippen molar-refractivity contribution >= 4 is 16.2 Å². The fourth-order valence-corrected chi connectivity index (χ4v) is 2.80. The standard InChI is InChI=1S/C15H30O7S.Na/c1-2-3-4-5-6-7-8-9-10-11-13(17)15(14(18)12-16)22-23(19,20)21;/h14-16,18H,2-12H2,1H3,(H,19,20,21);/q;+1/p-1. The monoisotopic (exact) mass is 376 g/mol. The van der Waals surface area contributed by atoms with Gasteiger partial charge < -0.3 is 14.8 Å². The summed E-state index contributed by atoms with van der Waals surface area (Å²) < 4.78 is 35.7. The van der Waals surface area contributed by atoms with E-state index in [0.717, 1.165) is 25.7 Å². The number of unbranched alkanes of at least 4 members (excludes halogenated alkanes) is 8. The van der Waals surface area contributed by atoms with Crippen LogP contribution in [0.3, 0.4) is 0 Å². The molecule has 0 heterocycles. The van der Waals surface area contributed by atoms with E-state index in [1.165, 1.54) is 25.7 Å². The number of aliphatic hydroxyl groups excluding tert-OH is 2. The van der Waals surface area contributed by atoms with Gasteiger partial charge in [-0.25, -0.2) is 8.42 Å². The summed E-state index contributed by atoms with van der Waals surface area (Å²) in [4.78, 5) is 11.8. The molecule has 24 heavy (non-hydrogen) atoms. The minimum absolute atomic E-state index is 0. The first-order valence-electron chi connectivity index (χ1n) is 8.27. The Bertz CT molecular complexity index is 414. The van der Waals surface area contributed by atoms with Gasteiger partial charge in [-0.1, -0.05) is 58.3 Å². The maximum absolute atomic E-state index is 11.8. The molecule has 0 aromatic heterocycles. The first-order chi connectivity index (χ1) is 10.8. The Kier molecular flexibility index (Phi) is 17.5. The van der Waals surface area contributed by atoms with Crippen LogP contribution in [0.5, 0.6) is 0 Å². The Morgan fingerprint density at radius 3 is 1.92 bits per heavy atom. The van der Waals surface area contributed by atoms with Gasteiger partial charge in [0.25, 0.3) is 0 Å². The fourth-order valence-electron chi connectivity index (χ4n) is 2.31. The van der Waals surface area contributed by atoms with Gasteiger partial charge in [0.1, 0.15) is 6.10 Å². The summed E-state index contributed by atoms with van der Waals surface area (Å²) in [6, 6.07) is 0. The molecule has 9 heteroatoms. The topological polar surface area (TPSA) is 124 Å². The largest absolute Gasteiger partial charge is 1.00 e. The first kappa shape index (κ1) is 26.7. The first-order valence-corrected chi connectivity index (χ1v) is 9.61. The van der Waals surface area contributed by atoms with Crippen molar-refractivity contribution in [1.82, 2.24) is 0 Å². The molecule has 0 spiro atoms. The zero-order valence-electron chi connectivity index (χ0n) is 14.8. The van der Waals surface area contributed by atoms with Gasteiger partial charge in [0.05, 0.1) is 6.61 Å². The van der Waals surface area contributed by atoms with E-state index in [0.29, 0.717) is 6.42 Å². The number of carbonyl (C=O) groups is 1. The maximum Gasteiger partial charge on any atom is 1.00 e. The van der Waals surface area contributed by atoms with Crippen LogP contribution in [-0.2, 0) is 19.4 Å². The van der Waals surface area contributed by atoms with Crippen molar-refractivity contribution in [2.24, 2.45) is 0 Å². The summed E-state index contributed by atoms with van der Waals surface area (Å²) in [7, 11) is -5.12. The van der Waals surface area contributed by atoms with Crippen molar-refractivity contribution in [2.45, 2.75) is 83.3 Å². The average Bonchev–Trinajstić information content (AvgIpc) is 2.49. The summed E-state index contributed by atoms with van der Waals surface area (Å²) in [5, 5.41) is 18.2. The number of hydrogen-bond acceptors (Lipinski definition) is 7. The number of ketones is 1. The zero-order valence-corrected chi connectivity index (χ0v) is 17.6. The van der Waals surface area contributed by atoms with Gasteiger partial charge in [0.2, 0.25) is 10.4 Å². The molecule has 7 nitrogen and oxygen atoms in total. The Labute approximate surface area is 167 Å². The van der Waals surface area contributed by atoms with E-state index in [9.17, 15) is 22.9 Å². The third-order valence-corrected chi connectivity index (χ3v) is 4.05. The number of hydrogen-bond donors (Lipinski definition) is 2. The number of Topliss-reactive ketones (excluding diaryl/α,β-unsaturated/α-hetero) is 1. The second kappa shape index (κ2) is 15.7. The second-order valence-electron chi connectivity index (χ2n) is 5.72. The van der Waals surface area contributed by atoms with Crippen molar-refractivity contribution in [3.8, 4) is 0 Å². The number of rotatable bonds is 15. The van der Waals surface area contributed by atoms with E-state index in [1.807, 2.05) is 0 Å². The Balaban J connectivity index is 0. The predicted molar refractivity (Wildman–Crippen MR) is 84.5 cm³/mol. The average molecular weight is 376 g/mol. The molecular weight excluding hydrogens is 347 g/mol. The van der Waals surface area contributed by atoms with Crippen LogP contribution in [0.25, 0.3) is 0 Å². The van der Waals surface area contributed by atoms with Gasteiger partial charge in [0, 0.05) is 6.42 Å². The van der Waals surface area contributed by atoms with Gasteiger partial charge in [-0.2, -0.15) is 0 Å². The zero-order chi connectivity index (χ0) is 17.7. The molecule has 0 amide bonds. The van der Waals surface area contributed by atoms with Crippen molar-refractivity contribution in [1.29, 1.82) is 0 Å². The minimum Gasteiger partial charge on any atom is -0.726 e. The van der Waals surface area contributed by atoms with E-state index in [2.05, 4.69) is 11.1 Å². The SMILES string of the molecule is CCCCCCCCCCCC(=O)C(OS(=O)(=O)[O-])C(O)CO.[Na+]. The van der Waals surface area contributed by atoms with Crippen molar-refractivity contribution in [3.05, 3.63) is 0 Å². The van der Waals surface area contributed by atoms with Gasteiger partial charge >= 0.3 is 29.6 Å².